The molecular weight excluding hydrogens is 187 g/mol. The maximum atomic E-state index is 13.0. The molecule has 0 heterocycles. The Morgan fingerprint density at radius 1 is 1.64 bits per heavy atom. The van der Waals surface area contributed by atoms with Gasteiger partial charge in [-0.15, -0.1) is 0 Å². The van der Waals surface area contributed by atoms with E-state index in [2.05, 4.69) is 0 Å². The Labute approximate surface area is 79.7 Å². The van der Waals surface area contributed by atoms with Gasteiger partial charge in [-0.2, -0.15) is 5.26 Å². The van der Waals surface area contributed by atoms with Gasteiger partial charge < -0.3 is 10.5 Å². The van der Waals surface area contributed by atoms with Crippen molar-refractivity contribution in [1.82, 2.24) is 0 Å². The highest BCUT2D eigenvalue weighted by molar-refractivity contribution is 5.98. The van der Waals surface area contributed by atoms with Crippen LogP contribution in [0.15, 0.2) is 12.1 Å². The molecule has 0 bridgehead atoms. The summed E-state index contributed by atoms with van der Waals surface area (Å²) in [7, 11) is 1.31. The van der Waals surface area contributed by atoms with Gasteiger partial charge in [0.05, 0.1) is 7.11 Å². The van der Waals surface area contributed by atoms with E-state index in [0.29, 0.717) is 0 Å². The predicted molar refractivity (Wildman–Crippen MR) is 46.2 cm³/mol. The van der Waals surface area contributed by atoms with Crippen molar-refractivity contribution in [2.75, 3.05) is 7.11 Å². The van der Waals surface area contributed by atoms with E-state index < -0.39 is 17.3 Å². The molecule has 0 aliphatic heterocycles. The smallest absolute Gasteiger partial charge is 0.253 e. The summed E-state index contributed by atoms with van der Waals surface area (Å²) in [6, 6.07) is 3.86. The van der Waals surface area contributed by atoms with Crippen molar-refractivity contribution in [1.29, 1.82) is 5.26 Å². The summed E-state index contributed by atoms with van der Waals surface area (Å²) in [4.78, 5) is 10.9. The number of amides is 1. The van der Waals surface area contributed by atoms with Gasteiger partial charge >= 0.3 is 0 Å². The van der Waals surface area contributed by atoms with Crippen molar-refractivity contribution in [2.24, 2.45) is 5.73 Å². The summed E-state index contributed by atoms with van der Waals surface area (Å²) in [5, 5.41) is 8.61. The SMILES string of the molecule is COc1ccc(F)c(C#N)c1C(N)=O. The highest BCUT2D eigenvalue weighted by atomic mass is 19.1. The van der Waals surface area contributed by atoms with Crippen molar-refractivity contribution in [3.05, 3.63) is 29.1 Å². The van der Waals surface area contributed by atoms with E-state index in [-0.39, 0.29) is 11.3 Å². The van der Waals surface area contributed by atoms with Crippen LogP contribution in [0.5, 0.6) is 5.75 Å². The minimum Gasteiger partial charge on any atom is -0.496 e. The van der Waals surface area contributed by atoms with E-state index in [1.807, 2.05) is 0 Å². The van der Waals surface area contributed by atoms with Crippen molar-refractivity contribution in [3.8, 4) is 11.8 Å². The molecular formula is C9H7FN2O2. The third-order valence-corrected chi connectivity index (χ3v) is 1.69. The van der Waals surface area contributed by atoms with Gasteiger partial charge in [0.1, 0.15) is 28.8 Å². The fourth-order valence-corrected chi connectivity index (χ4v) is 1.08. The molecule has 2 N–H and O–H groups in total. The average Bonchev–Trinajstić information content (AvgIpc) is 2.17. The number of nitrogens with zero attached hydrogens (tertiary/aromatic N) is 1. The Hall–Kier alpha value is -2.09. The lowest BCUT2D eigenvalue weighted by Gasteiger charge is -2.06. The number of benzene rings is 1. The number of halogens is 1. The molecule has 0 radical (unpaired) electrons. The van der Waals surface area contributed by atoms with Gasteiger partial charge in [0.25, 0.3) is 5.91 Å². The van der Waals surface area contributed by atoms with Crippen molar-refractivity contribution >= 4 is 5.91 Å². The molecule has 0 spiro atoms. The molecule has 0 unspecified atom stereocenters. The number of carbonyl (C=O) groups is 1. The normalized spacial score (nSPS) is 9.21. The molecule has 0 aromatic heterocycles. The Bertz CT molecular complexity index is 424. The van der Waals surface area contributed by atoms with Gasteiger partial charge in [0.15, 0.2) is 0 Å². The number of hydrogen-bond acceptors (Lipinski definition) is 3. The van der Waals surface area contributed by atoms with Gasteiger partial charge in [-0.1, -0.05) is 0 Å². The summed E-state index contributed by atoms with van der Waals surface area (Å²) in [5.41, 5.74) is 4.38. The van der Waals surface area contributed by atoms with Crippen LogP contribution in [0.4, 0.5) is 4.39 Å². The van der Waals surface area contributed by atoms with Crippen LogP contribution in [-0.2, 0) is 0 Å². The third kappa shape index (κ3) is 1.50. The molecule has 0 saturated carbocycles. The molecule has 0 fully saturated rings. The van der Waals surface area contributed by atoms with Crippen molar-refractivity contribution in [3.63, 3.8) is 0 Å². The monoisotopic (exact) mass is 194 g/mol. The number of nitrogens with two attached hydrogens (primary N) is 1. The largest absolute Gasteiger partial charge is 0.496 e. The highest BCUT2D eigenvalue weighted by Gasteiger charge is 2.18. The summed E-state index contributed by atoms with van der Waals surface area (Å²) in [5.74, 6) is -1.59. The molecule has 1 aromatic carbocycles. The van der Waals surface area contributed by atoms with Crippen LogP contribution in [0.2, 0.25) is 0 Å². The fourth-order valence-electron chi connectivity index (χ4n) is 1.08. The lowest BCUT2D eigenvalue weighted by atomic mass is 10.1. The van der Waals surface area contributed by atoms with Crippen LogP contribution in [-0.4, -0.2) is 13.0 Å². The number of methoxy groups -OCH3 is 1. The summed E-state index contributed by atoms with van der Waals surface area (Å²) >= 11 is 0. The Morgan fingerprint density at radius 2 is 2.29 bits per heavy atom. The van der Waals surface area contributed by atoms with E-state index in [9.17, 15) is 9.18 Å². The molecule has 1 aromatic rings. The molecule has 4 nitrogen and oxygen atoms in total. The van der Waals surface area contributed by atoms with E-state index in [4.69, 9.17) is 15.7 Å². The Morgan fingerprint density at radius 3 is 2.71 bits per heavy atom. The second-order valence-electron chi connectivity index (χ2n) is 2.48. The zero-order chi connectivity index (χ0) is 10.7. The fraction of sp³-hybridized carbons (Fsp3) is 0.111. The van der Waals surface area contributed by atoms with E-state index in [1.54, 1.807) is 6.07 Å². The topological polar surface area (TPSA) is 76.1 Å². The van der Waals surface area contributed by atoms with Crippen LogP contribution in [0.25, 0.3) is 0 Å². The minimum absolute atomic E-state index is 0.0930. The first-order valence-electron chi connectivity index (χ1n) is 3.68. The number of carbonyl (C=O) groups excluding carboxylic acids is 1. The number of nitriles is 1. The van der Waals surface area contributed by atoms with E-state index >= 15 is 0 Å². The van der Waals surface area contributed by atoms with E-state index in [0.717, 1.165) is 6.07 Å². The second-order valence-corrected chi connectivity index (χ2v) is 2.48. The number of primary amides is 1. The van der Waals surface area contributed by atoms with Gasteiger partial charge in [0.2, 0.25) is 0 Å². The summed E-state index contributed by atoms with van der Waals surface area (Å²) in [6.07, 6.45) is 0. The first kappa shape index (κ1) is 9.99. The molecule has 72 valence electrons. The van der Waals surface area contributed by atoms with Gasteiger partial charge in [-0.25, -0.2) is 4.39 Å². The number of hydrogen-bond donors (Lipinski definition) is 1. The van der Waals surface area contributed by atoms with Crippen molar-refractivity contribution < 1.29 is 13.9 Å². The molecule has 0 atom stereocenters. The van der Waals surface area contributed by atoms with Crippen LogP contribution in [0, 0.1) is 17.1 Å². The van der Waals surface area contributed by atoms with Crippen LogP contribution < -0.4 is 10.5 Å². The lowest BCUT2D eigenvalue weighted by molar-refractivity contribution is 0.0996. The molecule has 14 heavy (non-hydrogen) atoms. The van der Waals surface area contributed by atoms with Gasteiger partial charge in [-0.05, 0) is 12.1 Å². The van der Waals surface area contributed by atoms with Gasteiger partial charge in [0, 0.05) is 0 Å². The summed E-state index contributed by atoms with van der Waals surface area (Å²) in [6.45, 7) is 0. The highest BCUT2D eigenvalue weighted by Crippen LogP contribution is 2.23. The second kappa shape index (κ2) is 3.75. The minimum atomic E-state index is -0.891. The average molecular weight is 194 g/mol. The lowest BCUT2D eigenvalue weighted by Crippen LogP contribution is -2.15. The maximum absolute atomic E-state index is 13.0. The Kier molecular flexibility index (Phi) is 2.67. The quantitative estimate of drug-likeness (QED) is 0.756. The number of ether oxygens (including phenoxy) is 1. The maximum Gasteiger partial charge on any atom is 0.253 e. The Balaban J connectivity index is 3.54. The van der Waals surface area contributed by atoms with Crippen molar-refractivity contribution in [2.45, 2.75) is 0 Å². The van der Waals surface area contributed by atoms with E-state index in [1.165, 1.54) is 13.2 Å². The zero-order valence-corrected chi connectivity index (χ0v) is 7.37. The van der Waals surface area contributed by atoms with Crippen LogP contribution in [0.3, 0.4) is 0 Å². The van der Waals surface area contributed by atoms with Gasteiger partial charge in [-0.3, -0.25) is 4.79 Å². The number of rotatable bonds is 2. The molecule has 1 amide bonds. The molecule has 0 aliphatic carbocycles. The molecule has 5 heteroatoms. The standard InChI is InChI=1S/C9H7FN2O2/c1-14-7-3-2-6(10)5(4-11)8(7)9(12)13/h2-3H,1H3,(H2,12,13). The summed E-state index contributed by atoms with van der Waals surface area (Å²) < 4.78 is 17.8. The molecule has 0 aliphatic rings. The zero-order valence-electron chi connectivity index (χ0n) is 7.37. The molecule has 0 saturated heterocycles. The first-order chi connectivity index (χ1) is 6.61. The molecule has 1 rings (SSSR count). The van der Waals surface area contributed by atoms with Crippen LogP contribution in [0.1, 0.15) is 15.9 Å². The van der Waals surface area contributed by atoms with Crippen LogP contribution >= 0.6 is 0 Å². The first-order valence-corrected chi connectivity index (χ1v) is 3.68. The predicted octanol–water partition coefficient (Wildman–Crippen LogP) is 0.805. The third-order valence-electron chi connectivity index (χ3n) is 1.69.